The Morgan fingerprint density at radius 3 is 2.52 bits per heavy atom. The molecule has 150 valence electrons. The van der Waals surface area contributed by atoms with Crippen LogP contribution >= 0.6 is 0 Å². The van der Waals surface area contributed by atoms with E-state index < -0.39 is 21.9 Å². The Bertz CT molecular complexity index is 1180. The van der Waals surface area contributed by atoms with E-state index in [0.29, 0.717) is 24.2 Å². The van der Waals surface area contributed by atoms with E-state index in [9.17, 15) is 18.0 Å². The van der Waals surface area contributed by atoms with Gasteiger partial charge < -0.3 is 9.64 Å². The van der Waals surface area contributed by atoms with Gasteiger partial charge in [0.1, 0.15) is 5.92 Å². The minimum atomic E-state index is -3.86. The lowest BCUT2D eigenvalue weighted by molar-refractivity contribution is -0.150. The molecule has 8 heteroatoms. The highest BCUT2D eigenvalue weighted by Crippen LogP contribution is 2.28. The van der Waals surface area contributed by atoms with Crippen LogP contribution in [0.4, 0.5) is 0 Å². The summed E-state index contributed by atoms with van der Waals surface area (Å²) in [5.74, 6) is -1.73. The molecule has 1 unspecified atom stereocenters. The molecule has 1 aliphatic rings. The van der Waals surface area contributed by atoms with Crippen molar-refractivity contribution in [3.05, 3.63) is 66.4 Å². The normalized spacial score (nSPS) is 17.1. The molecule has 3 aromatic rings. The molecule has 1 saturated heterocycles. The number of carbonyl (C=O) groups excluding carboxylic acids is 2. The maximum absolute atomic E-state index is 13.4. The number of carbonyl (C=O) groups is 2. The van der Waals surface area contributed by atoms with Crippen molar-refractivity contribution in [3.63, 3.8) is 0 Å². The Labute approximate surface area is 168 Å². The second kappa shape index (κ2) is 7.36. The first-order chi connectivity index (χ1) is 13.9. The van der Waals surface area contributed by atoms with Crippen molar-refractivity contribution in [2.75, 3.05) is 13.7 Å². The van der Waals surface area contributed by atoms with Gasteiger partial charge in [-0.2, -0.15) is 0 Å². The van der Waals surface area contributed by atoms with Gasteiger partial charge in [-0.1, -0.05) is 36.4 Å². The summed E-state index contributed by atoms with van der Waals surface area (Å²) < 4.78 is 32.8. The third kappa shape index (κ3) is 3.29. The molecule has 2 aromatic carbocycles. The van der Waals surface area contributed by atoms with Gasteiger partial charge in [-0.3, -0.25) is 9.59 Å². The van der Waals surface area contributed by atoms with Crippen LogP contribution < -0.4 is 0 Å². The van der Waals surface area contributed by atoms with Gasteiger partial charge >= 0.3 is 5.97 Å². The predicted molar refractivity (Wildman–Crippen MR) is 107 cm³/mol. The van der Waals surface area contributed by atoms with Gasteiger partial charge in [0, 0.05) is 11.9 Å². The Balaban J connectivity index is 1.78. The highest BCUT2D eigenvalue weighted by Gasteiger charge is 2.38. The maximum atomic E-state index is 13.4. The Morgan fingerprint density at radius 2 is 1.79 bits per heavy atom. The van der Waals surface area contributed by atoms with E-state index in [4.69, 9.17) is 4.74 Å². The molecule has 1 fully saturated rings. The zero-order chi connectivity index (χ0) is 20.6. The van der Waals surface area contributed by atoms with E-state index in [-0.39, 0.29) is 17.3 Å². The first kappa shape index (κ1) is 19.2. The summed E-state index contributed by atoms with van der Waals surface area (Å²) in [6.07, 6.45) is 0.358. The average molecular weight is 412 g/mol. The largest absolute Gasteiger partial charge is 0.468 e. The van der Waals surface area contributed by atoms with E-state index in [0.717, 1.165) is 5.39 Å². The second-order valence-electron chi connectivity index (χ2n) is 6.90. The fourth-order valence-electron chi connectivity index (χ4n) is 3.73. The summed E-state index contributed by atoms with van der Waals surface area (Å²) in [4.78, 5) is 26.1. The monoisotopic (exact) mass is 412 g/mol. The molecule has 1 atom stereocenters. The fourth-order valence-corrected chi connectivity index (χ4v) is 5.29. The van der Waals surface area contributed by atoms with Crippen LogP contribution in [0.3, 0.4) is 0 Å². The van der Waals surface area contributed by atoms with Crippen LogP contribution in [0, 0.1) is 5.92 Å². The van der Waals surface area contributed by atoms with Crippen LogP contribution in [0.5, 0.6) is 0 Å². The fraction of sp³-hybridized carbons (Fsp3) is 0.238. The van der Waals surface area contributed by atoms with Gasteiger partial charge in [-0.05, 0) is 30.7 Å². The van der Waals surface area contributed by atoms with Crippen molar-refractivity contribution in [1.29, 1.82) is 0 Å². The zero-order valence-corrected chi connectivity index (χ0v) is 16.6. The van der Waals surface area contributed by atoms with Crippen molar-refractivity contribution >= 4 is 32.8 Å². The number of fused-ring (bicyclic) bond motifs is 1. The highest BCUT2D eigenvalue weighted by molar-refractivity contribution is 7.90. The van der Waals surface area contributed by atoms with Gasteiger partial charge in [-0.15, -0.1) is 0 Å². The van der Waals surface area contributed by atoms with Gasteiger partial charge in [-0.25, -0.2) is 12.4 Å². The molecule has 0 spiro atoms. The van der Waals surface area contributed by atoms with Gasteiger partial charge in [0.25, 0.3) is 10.0 Å². The summed E-state index contributed by atoms with van der Waals surface area (Å²) in [6, 6.07) is 17.1. The number of benzene rings is 2. The molecule has 7 nitrogen and oxygen atoms in total. The van der Waals surface area contributed by atoms with Gasteiger partial charge in [0.15, 0.2) is 0 Å². The molecule has 0 N–H and O–H groups in total. The topological polar surface area (TPSA) is 85.7 Å². The van der Waals surface area contributed by atoms with E-state index in [2.05, 4.69) is 0 Å². The van der Waals surface area contributed by atoms with Crippen LogP contribution in [0.25, 0.3) is 10.9 Å². The molecular weight excluding hydrogens is 392 g/mol. The van der Waals surface area contributed by atoms with Crippen LogP contribution in [0.2, 0.25) is 0 Å². The quantitative estimate of drug-likeness (QED) is 0.475. The number of rotatable bonds is 5. The molecule has 4 rings (SSSR count). The number of likely N-dealkylation sites (tertiary alicyclic amines) is 1. The van der Waals surface area contributed by atoms with Crippen LogP contribution in [-0.2, 0) is 30.9 Å². The highest BCUT2D eigenvalue weighted by atomic mass is 32.2. The van der Waals surface area contributed by atoms with Gasteiger partial charge in [0.2, 0.25) is 5.91 Å². The third-order valence-electron chi connectivity index (χ3n) is 5.16. The first-order valence-electron chi connectivity index (χ1n) is 9.20. The smallest absolute Gasteiger partial charge is 0.318 e. The number of esters is 1. The molecule has 29 heavy (non-hydrogen) atoms. The van der Waals surface area contributed by atoms with E-state index in [1.807, 2.05) is 12.1 Å². The lowest BCUT2D eigenvalue weighted by Crippen LogP contribution is -2.31. The second-order valence-corrected chi connectivity index (χ2v) is 8.69. The summed E-state index contributed by atoms with van der Waals surface area (Å²) >= 11 is 0. The first-order valence-corrected chi connectivity index (χ1v) is 10.6. The number of hydrogen-bond donors (Lipinski definition) is 0. The summed E-state index contributed by atoms with van der Waals surface area (Å²) in [6.45, 7) is 0.457. The lowest BCUT2D eigenvalue weighted by Gasteiger charge is -2.18. The van der Waals surface area contributed by atoms with Crippen LogP contribution in [0.15, 0.2) is 65.6 Å². The SMILES string of the molecule is COC(=O)C1CCN(Cc2cc3ccccc3n2S(=O)(=O)c2ccccc2)C1=O. The zero-order valence-electron chi connectivity index (χ0n) is 15.8. The Kier molecular flexibility index (Phi) is 4.87. The van der Waals surface area contributed by atoms with Gasteiger partial charge in [0.05, 0.1) is 29.8 Å². The summed E-state index contributed by atoms with van der Waals surface area (Å²) in [5, 5.41) is 0.762. The van der Waals surface area contributed by atoms with E-state index in [1.54, 1.807) is 48.5 Å². The molecular formula is C21H20N2O5S. The number of amides is 1. The van der Waals surface area contributed by atoms with Crippen molar-refractivity contribution in [3.8, 4) is 0 Å². The predicted octanol–water partition coefficient (Wildman–Crippen LogP) is 2.40. The molecule has 0 radical (unpaired) electrons. The number of methoxy groups -OCH3 is 1. The van der Waals surface area contributed by atoms with Crippen molar-refractivity contribution in [2.24, 2.45) is 5.92 Å². The Hall–Kier alpha value is -3.13. The minimum Gasteiger partial charge on any atom is -0.468 e. The van der Waals surface area contributed by atoms with Crippen LogP contribution in [0.1, 0.15) is 12.1 Å². The molecule has 1 amide bonds. The number of ether oxygens (including phenoxy) is 1. The molecule has 1 aliphatic heterocycles. The number of para-hydroxylation sites is 1. The Morgan fingerprint density at radius 1 is 1.10 bits per heavy atom. The molecule has 0 saturated carbocycles. The summed E-state index contributed by atoms with van der Waals surface area (Å²) in [7, 11) is -2.61. The average Bonchev–Trinajstić information content (AvgIpc) is 3.29. The lowest BCUT2D eigenvalue weighted by atomic mass is 10.1. The van der Waals surface area contributed by atoms with E-state index in [1.165, 1.54) is 16.0 Å². The standard InChI is InChI=1S/C21H20N2O5S/c1-28-21(25)18-11-12-22(20(18)24)14-16-13-15-7-5-6-10-19(15)23(16)29(26,27)17-8-3-2-4-9-17/h2-10,13,18H,11-12,14H2,1H3. The minimum absolute atomic E-state index is 0.0903. The van der Waals surface area contributed by atoms with E-state index >= 15 is 0 Å². The molecule has 0 aliphatic carbocycles. The number of aromatic nitrogens is 1. The van der Waals surface area contributed by atoms with Crippen molar-refractivity contribution in [2.45, 2.75) is 17.9 Å². The summed E-state index contributed by atoms with van der Waals surface area (Å²) in [5.41, 5.74) is 1.01. The third-order valence-corrected chi connectivity index (χ3v) is 6.94. The molecule has 0 bridgehead atoms. The molecule has 2 heterocycles. The van der Waals surface area contributed by atoms with Crippen molar-refractivity contribution < 1.29 is 22.7 Å². The number of nitrogens with zero attached hydrogens (tertiary/aromatic N) is 2. The molecule has 1 aromatic heterocycles. The number of hydrogen-bond acceptors (Lipinski definition) is 5. The maximum Gasteiger partial charge on any atom is 0.318 e. The van der Waals surface area contributed by atoms with Crippen LogP contribution in [-0.4, -0.2) is 42.8 Å². The van der Waals surface area contributed by atoms with Crippen molar-refractivity contribution in [1.82, 2.24) is 8.87 Å².